The van der Waals surface area contributed by atoms with E-state index in [1.807, 2.05) is 0 Å². The maximum absolute atomic E-state index is 5.21. The second-order valence-corrected chi connectivity index (χ2v) is 6.35. The molecule has 8 heavy (non-hydrogen) atoms. The molecular formula is C3H6AsO3P. The summed E-state index contributed by atoms with van der Waals surface area (Å²) in [7, 11) is -0.0338. The molecule has 5 heteroatoms. The van der Waals surface area contributed by atoms with E-state index >= 15 is 0 Å². The van der Waals surface area contributed by atoms with Gasteiger partial charge in [-0.25, -0.2) is 0 Å². The van der Waals surface area contributed by atoms with E-state index in [9.17, 15) is 0 Å². The van der Waals surface area contributed by atoms with Gasteiger partial charge in [0.2, 0.25) is 0 Å². The van der Waals surface area contributed by atoms with Gasteiger partial charge in [0.1, 0.15) is 0 Å². The van der Waals surface area contributed by atoms with Gasteiger partial charge in [0, 0.05) is 0 Å². The van der Waals surface area contributed by atoms with E-state index in [0.29, 0.717) is 0 Å². The molecule has 0 spiro atoms. The molecule has 0 aliphatic carbocycles. The van der Waals surface area contributed by atoms with Gasteiger partial charge in [-0.05, 0) is 0 Å². The molecule has 3 rings (SSSR count). The average molecular weight is 196 g/mol. The van der Waals surface area contributed by atoms with Gasteiger partial charge in [-0.15, -0.1) is 0 Å². The van der Waals surface area contributed by atoms with E-state index < -0.39 is 15.7 Å². The summed E-state index contributed by atoms with van der Waals surface area (Å²) in [5.41, 5.74) is 0. The maximum atomic E-state index is 5.21. The van der Waals surface area contributed by atoms with E-state index in [1.165, 1.54) is 0 Å². The Morgan fingerprint density at radius 2 is 1.50 bits per heavy atom. The number of hydrogen-bond acceptors (Lipinski definition) is 3. The Bertz CT molecular complexity index is 69.5. The van der Waals surface area contributed by atoms with Crippen molar-refractivity contribution < 1.29 is 11.2 Å². The van der Waals surface area contributed by atoms with Crippen LogP contribution in [0.4, 0.5) is 0 Å². The van der Waals surface area contributed by atoms with Crippen molar-refractivity contribution >= 4 is 23.6 Å². The van der Waals surface area contributed by atoms with Gasteiger partial charge in [-0.3, -0.25) is 0 Å². The molecular weight excluding hydrogens is 190 g/mol. The van der Waals surface area contributed by atoms with Gasteiger partial charge >= 0.3 is 53.8 Å². The third-order valence-electron chi connectivity index (χ3n) is 1.04. The molecule has 0 saturated carbocycles. The van der Waals surface area contributed by atoms with Crippen LogP contribution in [0.3, 0.4) is 0 Å². The molecule has 0 radical (unpaired) electrons. The number of fused-ring (bicyclic) bond motifs is 3. The molecule has 3 heterocycles. The van der Waals surface area contributed by atoms with Crippen molar-refractivity contribution in [2.75, 3.05) is 19.0 Å². The van der Waals surface area contributed by atoms with Crippen LogP contribution in [0.2, 0.25) is 0 Å². The van der Waals surface area contributed by atoms with Crippen molar-refractivity contribution in [1.29, 1.82) is 0 Å². The summed E-state index contributed by atoms with van der Waals surface area (Å²) in [6.07, 6.45) is 2.82. The third kappa shape index (κ3) is 0.939. The van der Waals surface area contributed by atoms with Crippen LogP contribution in [0.25, 0.3) is 0 Å². The molecule has 0 aromatic rings. The van der Waals surface area contributed by atoms with E-state index in [1.54, 1.807) is 0 Å². The fourth-order valence-electron chi connectivity index (χ4n) is 0.610. The molecule has 0 aromatic carbocycles. The number of rotatable bonds is 0. The van der Waals surface area contributed by atoms with Crippen LogP contribution in [0, 0.1) is 0 Å². The minimum absolute atomic E-state index is 0.0338. The molecule has 2 bridgehead atoms. The fraction of sp³-hybridized carbons (Fsp3) is 1.00. The summed E-state index contributed by atoms with van der Waals surface area (Å²) >= 11 is -1.58. The average Bonchev–Trinajstić information content (AvgIpc) is 1.92. The molecule has 0 unspecified atom stereocenters. The molecule has 0 N–H and O–H groups in total. The summed E-state index contributed by atoms with van der Waals surface area (Å²) in [5, 5.41) is 0. The van der Waals surface area contributed by atoms with Gasteiger partial charge in [0.05, 0.1) is 0 Å². The molecule has 0 amide bonds. The molecule has 3 nitrogen and oxygen atoms in total. The molecule has 0 aromatic heterocycles. The van der Waals surface area contributed by atoms with Crippen LogP contribution >= 0.6 is 7.92 Å². The summed E-state index contributed by atoms with van der Waals surface area (Å²) in [6, 6.07) is 0. The van der Waals surface area contributed by atoms with Crippen molar-refractivity contribution in [1.82, 2.24) is 0 Å². The van der Waals surface area contributed by atoms with Gasteiger partial charge < -0.3 is 0 Å². The zero-order valence-corrected chi connectivity index (χ0v) is 7.01. The zero-order valence-electron chi connectivity index (χ0n) is 4.24. The monoisotopic (exact) mass is 196 g/mol. The SMILES string of the molecule is C1O[As]2OCP1CO2. The molecule has 3 fully saturated rings. The Morgan fingerprint density at radius 3 is 1.62 bits per heavy atom. The van der Waals surface area contributed by atoms with Crippen molar-refractivity contribution in [3.63, 3.8) is 0 Å². The fourth-order valence-corrected chi connectivity index (χ4v) is 6.94. The normalized spacial score (nSPS) is 45.0. The van der Waals surface area contributed by atoms with E-state index in [2.05, 4.69) is 0 Å². The first-order valence-electron chi connectivity index (χ1n) is 2.36. The van der Waals surface area contributed by atoms with Crippen LogP contribution in [-0.2, 0) is 11.2 Å². The summed E-state index contributed by atoms with van der Waals surface area (Å²) in [5.74, 6) is 0. The second-order valence-electron chi connectivity index (χ2n) is 1.67. The standard InChI is InChI=1S/C3H6AsO3P/c1-5-4-6-2-8(1)3-7-4/h1-3H2. The molecule has 3 saturated heterocycles. The van der Waals surface area contributed by atoms with Crippen LogP contribution in [0.5, 0.6) is 0 Å². The first kappa shape index (κ1) is 5.64. The summed E-state index contributed by atoms with van der Waals surface area (Å²) < 4.78 is 15.6. The quantitative estimate of drug-likeness (QED) is 0.414. The molecule has 0 atom stereocenters. The second kappa shape index (κ2) is 2.24. The van der Waals surface area contributed by atoms with Gasteiger partial charge in [0.25, 0.3) is 0 Å². The van der Waals surface area contributed by atoms with Crippen LogP contribution in [-0.4, -0.2) is 34.7 Å². The topological polar surface area (TPSA) is 27.7 Å². The van der Waals surface area contributed by atoms with Gasteiger partial charge in [0.15, 0.2) is 0 Å². The van der Waals surface area contributed by atoms with Crippen molar-refractivity contribution in [3.8, 4) is 0 Å². The Hall–Kier alpha value is 0.868. The van der Waals surface area contributed by atoms with E-state index in [-0.39, 0.29) is 7.92 Å². The van der Waals surface area contributed by atoms with Crippen molar-refractivity contribution in [2.24, 2.45) is 0 Å². The summed E-state index contributed by atoms with van der Waals surface area (Å²) in [6.45, 7) is 0. The molecule has 3 aliphatic rings. The summed E-state index contributed by atoms with van der Waals surface area (Å²) in [4.78, 5) is 0. The zero-order chi connectivity index (χ0) is 5.40. The van der Waals surface area contributed by atoms with Gasteiger partial charge in [-0.1, -0.05) is 0 Å². The Labute approximate surface area is 54.4 Å². The minimum atomic E-state index is -1.58. The van der Waals surface area contributed by atoms with Crippen LogP contribution in [0.1, 0.15) is 0 Å². The number of hydrogen-bond donors (Lipinski definition) is 0. The third-order valence-corrected chi connectivity index (χ3v) is 5.99. The first-order chi connectivity index (χ1) is 3.95. The predicted octanol–water partition coefficient (Wildman–Crippen LogP) is 0.403. The molecule has 3 aliphatic heterocycles. The van der Waals surface area contributed by atoms with Gasteiger partial charge in [-0.2, -0.15) is 0 Å². The van der Waals surface area contributed by atoms with E-state index in [4.69, 9.17) is 11.2 Å². The van der Waals surface area contributed by atoms with Crippen molar-refractivity contribution in [2.45, 2.75) is 0 Å². The van der Waals surface area contributed by atoms with Crippen molar-refractivity contribution in [3.05, 3.63) is 0 Å². The Balaban J connectivity index is 2.03. The van der Waals surface area contributed by atoms with E-state index in [0.717, 1.165) is 19.0 Å². The Morgan fingerprint density at radius 1 is 1.00 bits per heavy atom. The van der Waals surface area contributed by atoms with Crippen LogP contribution < -0.4 is 0 Å². The predicted molar refractivity (Wildman–Crippen MR) is 30.5 cm³/mol. The first-order valence-corrected chi connectivity index (χ1v) is 6.56. The van der Waals surface area contributed by atoms with Crippen LogP contribution in [0.15, 0.2) is 0 Å². The Kier molecular flexibility index (Phi) is 1.58. The molecule has 46 valence electrons.